The van der Waals surface area contributed by atoms with E-state index in [1.807, 2.05) is 30.3 Å². The average Bonchev–Trinajstić information content (AvgIpc) is 2.96. The van der Waals surface area contributed by atoms with Crippen molar-refractivity contribution in [1.29, 1.82) is 0 Å². The zero-order valence-electron chi connectivity index (χ0n) is 16.3. The van der Waals surface area contributed by atoms with Crippen molar-refractivity contribution in [2.45, 2.75) is 19.5 Å². The van der Waals surface area contributed by atoms with Gasteiger partial charge in [-0.2, -0.15) is 0 Å². The van der Waals surface area contributed by atoms with E-state index in [2.05, 4.69) is 9.97 Å². The van der Waals surface area contributed by atoms with Crippen molar-refractivity contribution in [3.8, 4) is 0 Å². The summed E-state index contributed by atoms with van der Waals surface area (Å²) in [5.41, 5.74) is 1.84. The first-order valence-corrected chi connectivity index (χ1v) is 9.32. The van der Waals surface area contributed by atoms with Crippen LogP contribution >= 0.6 is 0 Å². The van der Waals surface area contributed by atoms with E-state index in [0.29, 0.717) is 16.7 Å². The molecule has 0 atom stereocenters. The second kappa shape index (κ2) is 7.38. The highest BCUT2D eigenvalue weighted by atomic mass is 16.2. The maximum atomic E-state index is 12.6. The second-order valence-corrected chi connectivity index (χ2v) is 7.01. The number of aryl methyl sites for hydroxylation is 2. The Labute approximate surface area is 166 Å². The molecule has 0 radical (unpaired) electrons. The largest absolute Gasteiger partial charge is 0.338 e. The van der Waals surface area contributed by atoms with Gasteiger partial charge in [0, 0.05) is 27.1 Å². The first kappa shape index (κ1) is 18.7. The lowest BCUT2D eigenvalue weighted by atomic mass is 10.2. The minimum absolute atomic E-state index is 0.138. The lowest BCUT2D eigenvalue weighted by Crippen LogP contribution is -2.30. The molecule has 0 unspecified atom stereocenters. The van der Waals surface area contributed by atoms with Gasteiger partial charge in [0.25, 0.3) is 5.56 Å². The lowest BCUT2D eigenvalue weighted by Gasteiger charge is -2.17. The molecule has 8 heteroatoms. The molecule has 0 aliphatic heterocycles. The number of hydrogen-bond donors (Lipinski definition) is 1. The number of para-hydroxylation sites is 3. The first-order valence-electron chi connectivity index (χ1n) is 9.32. The van der Waals surface area contributed by atoms with Gasteiger partial charge in [-0.05, 0) is 24.3 Å². The summed E-state index contributed by atoms with van der Waals surface area (Å²) in [7, 11) is 3.38. The third kappa shape index (κ3) is 3.44. The third-order valence-corrected chi connectivity index (χ3v) is 5.08. The molecule has 1 amide bonds. The van der Waals surface area contributed by atoms with Crippen molar-refractivity contribution >= 4 is 27.8 Å². The summed E-state index contributed by atoms with van der Waals surface area (Å²) in [5.74, 6) is 0.285. The monoisotopic (exact) mass is 391 g/mol. The van der Waals surface area contributed by atoms with Gasteiger partial charge in [-0.15, -0.1) is 0 Å². The van der Waals surface area contributed by atoms with Crippen molar-refractivity contribution in [2.24, 2.45) is 7.05 Å². The lowest BCUT2D eigenvalue weighted by molar-refractivity contribution is -0.130. The van der Waals surface area contributed by atoms with Gasteiger partial charge in [0.05, 0.1) is 28.5 Å². The molecule has 8 nitrogen and oxygen atoms in total. The van der Waals surface area contributed by atoms with Gasteiger partial charge >= 0.3 is 5.69 Å². The molecule has 148 valence electrons. The van der Waals surface area contributed by atoms with Gasteiger partial charge in [0.15, 0.2) is 0 Å². The molecule has 0 saturated carbocycles. The molecular weight excluding hydrogens is 370 g/mol. The standard InChI is InChI=1S/C21H21N5O3/c1-24(13-18-22-15-8-4-3-7-14(15)20(28)23-18)19(27)11-12-26-17-10-6-5-9-16(17)25(2)21(26)29/h3-10H,11-13H2,1-2H3,(H,22,23,28). The topological polar surface area (TPSA) is 93.0 Å². The van der Waals surface area contributed by atoms with Crippen LogP contribution in [0.15, 0.2) is 58.1 Å². The quantitative estimate of drug-likeness (QED) is 0.560. The molecule has 1 N–H and O–H groups in total. The Hall–Kier alpha value is -3.68. The van der Waals surface area contributed by atoms with Crippen molar-refractivity contribution in [2.75, 3.05) is 7.05 Å². The van der Waals surface area contributed by atoms with Crippen molar-refractivity contribution in [3.63, 3.8) is 0 Å². The number of nitrogens with one attached hydrogen (secondary N) is 1. The number of rotatable bonds is 5. The Kier molecular flexibility index (Phi) is 4.75. The number of amides is 1. The number of nitrogens with zero attached hydrogens (tertiary/aromatic N) is 4. The van der Waals surface area contributed by atoms with Gasteiger partial charge in [-0.25, -0.2) is 9.78 Å². The van der Waals surface area contributed by atoms with Crippen LogP contribution < -0.4 is 11.2 Å². The van der Waals surface area contributed by atoms with Gasteiger partial charge in [0.1, 0.15) is 5.82 Å². The van der Waals surface area contributed by atoms with E-state index < -0.39 is 0 Å². The number of H-pyrrole nitrogens is 1. The fourth-order valence-electron chi connectivity index (χ4n) is 3.50. The minimum atomic E-state index is -0.228. The van der Waals surface area contributed by atoms with Crippen LogP contribution in [-0.2, 0) is 24.9 Å². The summed E-state index contributed by atoms with van der Waals surface area (Å²) in [6, 6.07) is 14.6. The molecule has 0 saturated heterocycles. The van der Waals surface area contributed by atoms with Crippen LogP contribution in [0, 0.1) is 0 Å². The molecule has 0 aliphatic carbocycles. The molecule has 2 aromatic heterocycles. The highest BCUT2D eigenvalue weighted by Crippen LogP contribution is 2.12. The smallest absolute Gasteiger partial charge is 0.328 e. The number of imidazole rings is 1. The van der Waals surface area contributed by atoms with Crippen LogP contribution in [-0.4, -0.2) is 37.0 Å². The first-order chi connectivity index (χ1) is 14.0. The second-order valence-electron chi connectivity index (χ2n) is 7.01. The highest BCUT2D eigenvalue weighted by Gasteiger charge is 2.15. The van der Waals surface area contributed by atoms with Crippen LogP contribution in [0.4, 0.5) is 0 Å². The zero-order valence-corrected chi connectivity index (χ0v) is 16.3. The maximum absolute atomic E-state index is 12.6. The predicted molar refractivity (Wildman–Crippen MR) is 111 cm³/mol. The fraction of sp³-hybridized carbons (Fsp3) is 0.238. The fourth-order valence-corrected chi connectivity index (χ4v) is 3.50. The van der Waals surface area contributed by atoms with Crippen LogP contribution in [0.5, 0.6) is 0 Å². The van der Waals surface area contributed by atoms with Gasteiger partial charge in [0.2, 0.25) is 5.91 Å². The molecule has 0 bridgehead atoms. The molecule has 4 rings (SSSR count). The number of aromatic nitrogens is 4. The van der Waals surface area contributed by atoms with E-state index in [1.54, 1.807) is 41.4 Å². The third-order valence-electron chi connectivity index (χ3n) is 5.08. The summed E-state index contributed by atoms with van der Waals surface area (Å²) in [6.07, 6.45) is 0.169. The van der Waals surface area contributed by atoms with E-state index in [1.165, 1.54) is 4.90 Å². The summed E-state index contributed by atoms with van der Waals surface area (Å²) in [5, 5.41) is 0.514. The SMILES string of the molecule is CN(Cc1nc2ccccc2c(=O)[nH]1)C(=O)CCn1c(=O)n(C)c2ccccc21. The minimum Gasteiger partial charge on any atom is -0.338 e. The van der Waals surface area contributed by atoms with E-state index in [4.69, 9.17) is 0 Å². The van der Waals surface area contributed by atoms with Crippen LogP contribution in [0.3, 0.4) is 0 Å². The number of carbonyl (C=O) groups is 1. The predicted octanol–water partition coefficient (Wildman–Crippen LogP) is 1.63. The summed E-state index contributed by atoms with van der Waals surface area (Å²) in [4.78, 5) is 45.9. The molecule has 2 aromatic carbocycles. The number of fused-ring (bicyclic) bond motifs is 2. The average molecular weight is 391 g/mol. The van der Waals surface area contributed by atoms with Crippen LogP contribution in [0.25, 0.3) is 21.9 Å². The number of hydrogen-bond acceptors (Lipinski definition) is 4. The maximum Gasteiger partial charge on any atom is 0.328 e. The molecule has 29 heavy (non-hydrogen) atoms. The van der Waals surface area contributed by atoms with Gasteiger partial charge in [-0.1, -0.05) is 24.3 Å². The van der Waals surface area contributed by atoms with Crippen LogP contribution in [0.2, 0.25) is 0 Å². The van der Waals surface area contributed by atoms with E-state index in [0.717, 1.165) is 11.0 Å². The Morgan fingerprint density at radius 1 is 1.07 bits per heavy atom. The highest BCUT2D eigenvalue weighted by molar-refractivity contribution is 5.78. The van der Waals surface area contributed by atoms with E-state index >= 15 is 0 Å². The van der Waals surface area contributed by atoms with Crippen molar-refractivity contribution < 1.29 is 4.79 Å². The van der Waals surface area contributed by atoms with Crippen molar-refractivity contribution in [3.05, 3.63) is 75.2 Å². The van der Waals surface area contributed by atoms with Gasteiger partial charge in [-0.3, -0.25) is 18.7 Å². The Morgan fingerprint density at radius 2 is 1.76 bits per heavy atom. The summed E-state index contributed by atoms with van der Waals surface area (Å²) >= 11 is 0. The molecule has 0 aliphatic rings. The molecule has 2 heterocycles. The summed E-state index contributed by atoms with van der Waals surface area (Å²) in [6.45, 7) is 0.467. The molecule has 0 spiro atoms. The van der Waals surface area contributed by atoms with E-state index in [9.17, 15) is 14.4 Å². The van der Waals surface area contributed by atoms with Crippen molar-refractivity contribution in [1.82, 2.24) is 24.0 Å². The van der Waals surface area contributed by atoms with Crippen LogP contribution in [0.1, 0.15) is 12.2 Å². The Bertz CT molecular complexity index is 1330. The summed E-state index contributed by atoms with van der Waals surface area (Å²) < 4.78 is 3.19. The molecular formula is C21H21N5O3. The Balaban J connectivity index is 1.49. The van der Waals surface area contributed by atoms with Gasteiger partial charge < -0.3 is 9.88 Å². The zero-order chi connectivity index (χ0) is 20.5. The van der Waals surface area contributed by atoms with E-state index in [-0.39, 0.29) is 36.7 Å². The number of benzene rings is 2. The Morgan fingerprint density at radius 3 is 2.55 bits per heavy atom. The normalized spacial score (nSPS) is 11.2. The molecule has 4 aromatic rings. The number of aromatic amines is 1. The molecule has 0 fully saturated rings. The number of carbonyl (C=O) groups excluding carboxylic acids is 1.